The third kappa shape index (κ3) is 3.12. The van der Waals surface area contributed by atoms with Crippen LogP contribution in [0.5, 0.6) is 0 Å². The van der Waals surface area contributed by atoms with Crippen molar-refractivity contribution in [1.82, 2.24) is 0 Å². The lowest BCUT2D eigenvalue weighted by Gasteiger charge is -2.09. The van der Waals surface area contributed by atoms with Crippen molar-refractivity contribution >= 4 is 21.9 Å². The Hall–Kier alpha value is -3.35. The van der Waals surface area contributed by atoms with Crippen LogP contribution in [0.1, 0.15) is 16.7 Å². The molecule has 0 aliphatic heterocycles. The molecule has 0 fully saturated rings. The normalized spacial score (nSPS) is 12.0. The van der Waals surface area contributed by atoms with Gasteiger partial charge in [0.1, 0.15) is 11.0 Å². The second kappa shape index (κ2) is 6.12. The van der Waals surface area contributed by atoms with Crippen LogP contribution in [-0.2, 0) is 12.6 Å². The average Bonchev–Trinajstić information content (AvgIpc) is 2.62. The zero-order chi connectivity index (χ0) is 19.2. The van der Waals surface area contributed by atoms with Crippen molar-refractivity contribution < 1.29 is 22.0 Å². The first-order valence-electron chi connectivity index (χ1n) is 7.97. The summed E-state index contributed by atoms with van der Waals surface area (Å²) >= 11 is 0. The number of halogens is 3. The highest BCUT2D eigenvalue weighted by Crippen LogP contribution is 2.30. The maximum atomic E-state index is 12.9. The van der Waals surface area contributed by atoms with Crippen LogP contribution < -0.4 is 11.3 Å². The molecule has 0 N–H and O–H groups in total. The summed E-state index contributed by atoms with van der Waals surface area (Å²) in [5.74, 6) is 0. The van der Waals surface area contributed by atoms with Gasteiger partial charge in [0.25, 0.3) is 0 Å². The molecule has 0 saturated heterocycles. The lowest BCUT2D eigenvalue weighted by molar-refractivity contribution is -0.137. The van der Waals surface area contributed by atoms with Crippen molar-refractivity contribution in [2.24, 2.45) is 0 Å². The topological polar surface area (TPSA) is 60.4 Å². The quantitative estimate of drug-likeness (QED) is 0.384. The number of alkyl halides is 3. The van der Waals surface area contributed by atoms with Crippen LogP contribution in [-0.4, -0.2) is 0 Å². The second-order valence-electron chi connectivity index (χ2n) is 6.06. The van der Waals surface area contributed by atoms with Gasteiger partial charge in [-0.2, -0.15) is 13.2 Å². The van der Waals surface area contributed by atoms with Gasteiger partial charge in [0.15, 0.2) is 5.58 Å². The number of benzene rings is 2. The number of rotatable bonds is 2. The maximum Gasteiger partial charge on any atom is 0.416 e. The van der Waals surface area contributed by atoms with Gasteiger partial charge in [-0.25, -0.2) is 9.59 Å². The smallest absolute Gasteiger partial charge is 0.416 e. The van der Waals surface area contributed by atoms with Crippen LogP contribution in [0.15, 0.2) is 73.0 Å². The lowest BCUT2D eigenvalue weighted by atomic mass is 10.0. The van der Waals surface area contributed by atoms with E-state index in [0.717, 1.165) is 12.1 Å². The van der Waals surface area contributed by atoms with Gasteiger partial charge in [-0.1, -0.05) is 30.3 Å². The molecule has 0 spiro atoms. The van der Waals surface area contributed by atoms with E-state index in [2.05, 4.69) is 0 Å². The summed E-state index contributed by atoms with van der Waals surface area (Å²) in [6.07, 6.45) is -4.58. The van der Waals surface area contributed by atoms with Crippen molar-refractivity contribution in [3.63, 3.8) is 0 Å². The standard InChI is InChI=1S/C20H11F3O4/c21-20(22,23)13-5-3-4-11(9-13)8-12-10-15-17(27-18(12)24)14-6-1-2-7-16(14)26-19(15)25/h1-7,9-10H,8H2. The van der Waals surface area contributed by atoms with Crippen molar-refractivity contribution in [1.29, 1.82) is 0 Å². The number of fused-ring (bicyclic) bond motifs is 3. The molecule has 0 bridgehead atoms. The fraction of sp³-hybridized carbons (Fsp3) is 0.100. The summed E-state index contributed by atoms with van der Waals surface area (Å²) in [6, 6.07) is 12.6. The minimum absolute atomic E-state index is 0.0651. The molecule has 0 unspecified atom stereocenters. The van der Waals surface area contributed by atoms with E-state index in [4.69, 9.17) is 8.83 Å². The van der Waals surface area contributed by atoms with E-state index in [9.17, 15) is 22.8 Å². The summed E-state index contributed by atoms with van der Waals surface area (Å²) in [6.45, 7) is 0. The van der Waals surface area contributed by atoms with Gasteiger partial charge in [0, 0.05) is 12.0 Å². The van der Waals surface area contributed by atoms with Gasteiger partial charge in [-0.05, 0) is 29.8 Å². The number of hydrogen-bond donors (Lipinski definition) is 0. The Morgan fingerprint density at radius 3 is 2.37 bits per heavy atom. The Morgan fingerprint density at radius 1 is 0.815 bits per heavy atom. The second-order valence-corrected chi connectivity index (χ2v) is 6.06. The van der Waals surface area contributed by atoms with Gasteiger partial charge in [0.2, 0.25) is 0 Å². The van der Waals surface area contributed by atoms with Crippen LogP contribution in [0.2, 0.25) is 0 Å². The fourth-order valence-electron chi connectivity index (χ4n) is 2.96. The Morgan fingerprint density at radius 2 is 1.59 bits per heavy atom. The number of hydrogen-bond acceptors (Lipinski definition) is 4. The Bertz CT molecular complexity index is 1280. The number of para-hydroxylation sites is 1. The molecule has 4 aromatic rings. The Labute approximate surface area is 149 Å². The zero-order valence-corrected chi connectivity index (χ0v) is 13.7. The zero-order valence-electron chi connectivity index (χ0n) is 13.7. The van der Waals surface area contributed by atoms with Gasteiger partial charge in [-0.3, -0.25) is 0 Å². The molecule has 2 heterocycles. The molecule has 0 amide bonds. The van der Waals surface area contributed by atoms with Crippen LogP contribution >= 0.6 is 0 Å². The predicted octanol–water partition coefficient (Wildman–Crippen LogP) is 4.51. The Kier molecular flexibility index (Phi) is 3.87. The van der Waals surface area contributed by atoms with E-state index < -0.39 is 23.0 Å². The molecule has 0 aliphatic rings. The molecule has 0 atom stereocenters. The van der Waals surface area contributed by atoms with Crippen LogP contribution in [0, 0.1) is 0 Å². The molecule has 0 saturated carbocycles. The van der Waals surface area contributed by atoms with Crippen molar-refractivity contribution in [2.75, 3.05) is 0 Å². The van der Waals surface area contributed by atoms with Crippen molar-refractivity contribution in [3.8, 4) is 0 Å². The SMILES string of the molecule is O=c1oc2c(cc1Cc1cccc(C(F)(F)F)c1)c(=O)oc1ccccc12. The monoisotopic (exact) mass is 372 g/mol. The maximum absolute atomic E-state index is 12.9. The first-order chi connectivity index (χ1) is 12.8. The Balaban J connectivity index is 1.85. The van der Waals surface area contributed by atoms with E-state index in [0.29, 0.717) is 5.39 Å². The molecule has 27 heavy (non-hydrogen) atoms. The van der Waals surface area contributed by atoms with E-state index in [1.165, 1.54) is 18.2 Å². The van der Waals surface area contributed by atoms with E-state index in [-0.39, 0.29) is 34.1 Å². The molecule has 2 aromatic carbocycles. The van der Waals surface area contributed by atoms with Gasteiger partial charge in [-0.15, -0.1) is 0 Å². The molecule has 2 aromatic heterocycles. The third-order valence-corrected chi connectivity index (χ3v) is 4.22. The summed E-state index contributed by atoms with van der Waals surface area (Å²) in [7, 11) is 0. The van der Waals surface area contributed by atoms with Gasteiger partial charge < -0.3 is 8.83 Å². The molecule has 0 radical (unpaired) electrons. The summed E-state index contributed by atoms with van der Waals surface area (Å²) in [5.41, 5.74) is -1.47. The summed E-state index contributed by atoms with van der Waals surface area (Å²) < 4.78 is 49.1. The molecule has 4 nitrogen and oxygen atoms in total. The molecule has 4 rings (SSSR count). The summed E-state index contributed by atoms with van der Waals surface area (Å²) in [5, 5.41) is 0.532. The van der Waals surface area contributed by atoms with Crippen LogP contribution in [0.4, 0.5) is 13.2 Å². The molecular formula is C20H11F3O4. The van der Waals surface area contributed by atoms with Crippen LogP contribution in [0.3, 0.4) is 0 Å². The first kappa shape index (κ1) is 17.1. The molecule has 0 aliphatic carbocycles. The lowest BCUT2D eigenvalue weighted by Crippen LogP contribution is -2.12. The average molecular weight is 372 g/mol. The highest BCUT2D eigenvalue weighted by molar-refractivity contribution is 6.00. The minimum Gasteiger partial charge on any atom is -0.422 e. The summed E-state index contributed by atoms with van der Waals surface area (Å²) in [4.78, 5) is 24.6. The minimum atomic E-state index is -4.48. The van der Waals surface area contributed by atoms with Gasteiger partial charge >= 0.3 is 17.4 Å². The highest BCUT2D eigenvalue weighted by Gasteiger charge is 2.30. The van der Waals surface area contributed by atoms with E-state index >= 15 is 0 Å². The largest absolute Gasteiger partial charge is 0.422 e. The molecule has 7 heteroatoms. The van der Waals surface area contributed by atoms with Crippen LogP contribution in [0.25, 0.3) is 21.9 Å². The van der Waals surface area contributed by atoms with E-state index in [1.54, 1.807) is 24.3 Å². The van der Waals surface area contributed by atoms with Gasteiger partial charge in [0.05, 0.1) is 10.9 Å². The first-order valence-corrected chi connectivity index (χ1v) is 7.97. The predicted molar refractivity (Wildman–Crippen MR) is 92.8 cm³/mol. The fourth-order valence-corrected chi connectivity index (χ4v) is 2.96. The molecule has 136 valence electrons. The third-order valence-electron chi connectivity index (χ3n) is 4.22. The van der Waals surface area contributed by atoms with Crippen molar-refractivity contribution in [3.05, 3.63) is 92.1 Å². The van der Waals surface area contributed by atoms with Crippen molar-refractivity contribution in [2.45, 2.75) is 12.6 Å². The van der Waals surface area contributed by atoms with E-state index in [1.807, 2.05) is 0 Å². The molecular weight excluding hydrogens is 361 g/mol. The highest BCUT2D eigenvalue weighted by atomic mass is 19.4.